The van der Waals surface area contributed by atoms with Crippen molar-refractivity contribution in [3.8, 4) is 0 Å². The van der Waals surface area contributed by atoms with Crippen LogP contribution in [0.2, 0.25) is 10.0 Å². The first-order valence-electron chi connectivity index (χ1n) is 9.15. The number of amides is 2. The molecule has 2 amide bonds. The van der Waals surface area contributed by atoms with Gasteiger partial charge in [0.1, 0.15) is 13.2 Å². The van der Waals surface area contributed by atoms with Crippen molar-refractivity contribution >= 4 is 54.1 Å². The van der Waals surface area contributed by atoms with Gasteiger partial charge in [-0.3, -0.25) is 19.2 Å². The van der Waals surface area contributed by atoms with Crippen molar-refractivity contribution in [3.05, 3.63) is 33.8 Å². The first-order chi connectivity index (χ1) is 14.2. The summed E-state index contributed by atoms with van der Waals surface area (Å²) in [6.45, 7) is 2.60. The minimum absolute atomic E-state index is 0.0780. The summed E-state index contributed by atoms with van der Waals surface area (Å²) in [6, 6.07) is 4.39. The van der Waals surface area contributed by atoms with Crippen LogP contribution in [0.15, 0.2) is 18.2 Å². The summed E-state index contributed by atoms with van der Waals surface area (Å²) in [5, 5.41) is 5.58. The van der Waals surface area contributed by atoms with Crippen LogP contribution in [0.5, 0.6) is 0 Å². The second-order valence-electron chi connectivity index (χ2n) is 6.95. The zero-order valence-electron chi connectivity index (χ0n) is 16.4. The van der Waals surface area contributed by atoms with Crippen LogP contribution < -0.4 is 10.6 Å². The molecule has 12 heteroatoms. The summed E-state index contributed by atoms with van der Waals surface area (Å²) in [5.41, 5.74) is 0.124. The van der Waals surface area contributed by atoms with E-state index < -0.39 is 50.0 Å². The molecule has 1 fully saturated rings. The van der Waals surface area contributed by atoms with E-state index in [0.29, 0.717) is 11.4 Å². The Labute approximate surface area is 183 Å². The molecule has 1 unspecified atom stereocenters. The highest BCUT2D eigenvalue weighted by Crippen LogP contribution is 2.20. The molecule has 30 heavy (non-hydrogen) atoms. The molecule has 1 aliphatic rings. The Hall–Kier alpha value is -2.30. The minimum Gasteiger partial charge on any atom is -0.496 e. The summed E-state index contributed by atoms with van der Waals surface area (Å²) in [6.07, 6.45) is 0.353. The fourth-order valence-electron chi connectivity index (χ4n) is 2.66. The second-order valence-corrected chi connectivity index (χ2v) is 7.79. The van der Waals surface area contributed by atoms with Crippen LogP contribution in [0.25, 0.3) is 0 Å². The predicted molar refractivity (Wildman–Crippen MR) is 109 cm³/mol. The largest absolute Gasteiger partial charge is 0.622 e. The number of halogens is 2. The fraction of sp³-hybridized carbons (Fsp3) is 0.444. The molecule has 1 saturated heterocycles. The molecule has 0 spiro atoms. The third-order valence-electron chi connectivity index (χ3n) is 3.92. The molecule has 1 aromatic rings. The standard InChI is InChI=1S/C18H21BCl2N2O7/c1-10(2)5-14(19-29-16(25)8-28-9-17(26)30-19)23-15(24)7-22-18(27)12-6-11(20)3-4-13(12)21/h3-4,6,10,14H,5,7-9H2,1-2H3,(H,22,27)(H,23,24). The molecule has 0 saturated carbocycles. The summed E-state index contributed by atoms with van der Waals surface area (Å²) >= 11 is 11.8. The number of hydrogen-bond donors (Lipinski definition) is 2. The van der Waals surface area contributed by atoms with Crippen molar-refractivity contribution in [1.29, 1.82) is 0 Å². The van der Waals surface area contributed by atoms with Crippen molar-refractivity contribution < 1.29 is 33.2 Å². The van der Waals surface area contributed by atoms with Gasteiger partial charge >= 0.3 is 19.1 Å². The molecule has 2 rings (SSSR count). The molecule has 2 N–H and O–H groups in total. The lowest BCUT2D eigenvalue weighted by Gasteiger charge is -2.26. The Bertz CT molecular complexity index is 804. The summed E-state index contributed by atoms with van der Waals surface area (Å²) < 4.78 is 15.0. The van der Waals surface area contributed by atoms with Crippen LogP contribution in [-0.4, -0.2) is 56.6 Å². The van der Waals surface area contributed by atoms with E-state index >= 15 is 0 Å². The van der Waals surface area contributed by atoms with Gasteiger partial charge in [-0.25, -0.2) is 0 Å². The number of rotatable bonds is 7. The van der Waals surface area contributed by atoms with Gasteiger partial charge in [0.05, 0.1) is 23.1 Å². The monoisotopic (exact) mass is 458 g/mol. The SMILES string of the molecule is CC(C)CC(NC(=O)CNC(=O)c1cc(Cl)ccc1Cl)B1OC(=O)COCC(=O)O1. The van der Waals surface area contributed by atoms with E-state index in [1.807, 2.05) is 13.8 Å². The van der Waals surface area contributed by atoms with E-state index in [-0.39, 0.29) is 23.0 Å². The van der Waals surface area contributed by atoms with Crippen molar-refractivity contribution in [2.75, 3.05) is 19.8 Å². The molecule has 1 aliphatic heterocycles. The highest BCUT2D eigenvalue weighted by atomic mass is 35.5. The van der Waals surface area contributed by atoms with Gasteiger partial charge in [0.2, 0.25) is 5.91 Å². The summed E-state index contributed by atoms with van der Waals surface area (Å²) in [7, 11) is -1.31. The lowest BCUT2D eigenvalue weighted by Crippen LogP contribution is -2.54. The minimum atomic E-state index is -1.31. The first-order valence-corrected chi connectivity index (χ1v) is 9.90. The van der Waals surface area contributed by atoms with E-state index in [1.165, 1.54) is 18.2 Å². The van der Waals surface area contributed by atoms with E-state index in [2.05, 4.69) is 10.6 Å². The van der Waals surface area contributed by atoms with Crippen LogP contribution in [-0.2, 0) is 28.4 Å². The first kappa shape index (κ1) is 24.0. The molecule has 162 valence electrons. The zero-order chi connectivity index (χ0) is 22.3. The number of benzene rings is 1. The van der Waals surface area contributed by atoms with Crippen molar-refractivity contribution in [1.82, 2.24) is 10.6 Å². The Morgan fingerprint density at radius 3 is 2.37 bits per heavy atom. The fourth-order valence-corrected chi connectivity index (χ4v) is 3.04. The Balaban J connectivity index is 2.01. The number of ether oxygens (including phenoxy) is 1. The number of hydrogen-bond acceptors (Lipinski definition) is 7. The Kier molecular flexibility index (Phi) is 8.95. The smallest absolute Gasteiger partial charge is 0.496 e. The van der Waals surface area contributed by atoms with Crippen LogP contribution in [0.4, 0.5) is 0 Å². The lowest BCUT2D eigenvalue weighted by atomic mass is 9.73. The van der Waals surface area contributed by atoms with Crippen molar-refractivity contribution in [3.63, 3.8) is 0 Å². The van der Waals surface area contributed by atoms with Gasteiger partial charge in [-0.2, -0.15) is 0 Å². The van der Waals surface area contributed by atoms with Crippen LogP contribution in [0.3, 0.4) is 0 Å². The van der Waals surface area contributed by atoms with Gasteiger partial charge in [-0.1, -0.05) is 37.0 Å². The molecule has 1 atom stereocenters. The van der Waals surface area contributed by atoms with Crippen molar-refractivity contribution in [2.24, 2.45) is 5.92 Å². The number of carbonyl (C=O) groups excluding carboxylic acids is 4. The summed E-state index contributed by atoms with van der Waals surface area (Å²) in [5.74, 6) is -3.33. The van der Waals surface area contributed by atoms with E-state index in [0.717, 1.165) is 0 Å². The van der Waals surface area contributed by atoms with Crippen LogP contribution in [0, 0.1) is 5.92 Å². The molecule has 0 bridgehead atoms. The van der Waals surface area contributed by atoms with Gasteiger partial charge in [0, 0.05) is 5.02 Å². The quantitative estimate of drug-likeness (QED) is 0.592. The summed E-state index contributed by atoms with van der Waals surface area (Å²) in [4.78, 5) is 48.1. The number of nitrogens with one attached hydrogen (secondary N) is 2. The topological polar surface area (TPSA) is 120 Å². The van der Waals surface area contributed by atoms with E-state index in [1.54, 1.807) is 0 Å². The maximum atomic E-state index is 12.4. The van der Waals surface area contributed by atoms with Gasteiger partial charge < -0.3 is 24.7 Å². The van der Waals surface area contributed by atoms with Crippen LogP contribution in [0.1, 0.15) is 30.6 Å². The van der Waals surface area contributed by atoms with E-state index in [9.17, 15) is 19.2 Å². The molecular formula is C18H21BCl2N2O7. The normalized spacial score (nSPS) is 15.6. The van der Waals surface area contributed by atoms with Gasteiger partial charge in [-0.15, -0.1) is 0 Å². The molecule has 0 radical (unpaired) electrons. The molecule has 1 aromatic carbocycles. The highest BCUT2D eigenvalue weighted by Gasteiger charge is 2.40. The molecular weight excluding hydrogens is 438 g/mol. The predicted octanol–water partition coefficient (Wildman–Crippen LogP) is 1.40. The Morgan fingerprint density at radius 2 is 1.77 bits per heavy atom. The van der Waals surface area contributed by atoms with E-state index in [4.69, 9.17) is 37.2 Å². The third-order valence-corrected chi connectivity index (χ3v) is 4.48. The van der Waals surface area contributed by atoms with Gasteiger partial charge in [0.15, 0.2) is 0 Å². The Morgan fingerprint density at radius 1 is 1.13 bits per heavy atom. The lowest BCUT2D eigenvalue weighted by molar-refractivity contribution is -0.153. The average molecular weight is 459 g/mol. The van der Waals surface area contributed by atoms with Gasteiger partial charge in [-0.05, 0) is 30.5 Å². The molecule has 0 aromatic heterocycles. The molecule has 0 aliphatic carbocycles. The van der Waals surface area contributed by atoms with Crippen molar-refractivity contribution in [2.45, 2.75) is 26.2 Å². The number of carbonyl (C=O) groups is 4. The third kappa shape index (κ3) is 7.51. The zero-order valence-corrected chi connectivity index (χ0v) is 17.9. The molecule has 9 nitrogen and oxygen atoms in total. The highest BCUT2D eigenvalue weighted by molar-refractivity contribution is 6.51. The maximum Gasteiger partial charge on any atom is 0.622 e. The van der Waals surface area contributed by atoms with Gasteiger partial charge in [0.25, 0.3) is 5.91 Å². The molecule has 1 heterocycles. The average Bonchev–Trinajstić information content (AvgIpc) is 2.65. The van der Waals surface area contributed by atoms with Crippen LogP contribution >= 0.6 is 23.2 Å². The maximum absolute atomic E-state index is 12.4. The second kappa shape index (κ2) is 11.2.